The molecule has 0 atom stereocenters. The molecular weight excluding hydrogens is 258 g/mol. The Labute approximate surface area is 122 Å². The quantitative estimate of drug-likeness (QED) is 0.507. The zero-order valence-corrected chi connectivity index (χ0v) is 11.4. The Morgan fingerprint density at radius 1 is 0.714 bits per heavy atom. The maximum atomic E-state index is 12.1. The number of hydrogen-bond acceptors (Lipinski definition) is 1. The second-order valence-corrected chi connectivity index (χ2v) is 5.11. The van der Waals surface area contributed by atoms with Crippen LogP contribution in [0, 0.1) is 5.21 Å². The molecule has 0 spiro atoms. The molecule has 100 valence electrons. The molecule has 0 saturated heterocycles. The highest BCUT2D eigenvalue weighted by Crippen LogP contribution is 2.30. The molecule has 0 N–H and O–H groups in total. The van der Waals surface area contributed by atoms with Crippen LogP contribution >= 0.6 is 0 Å². The zero-order valence-electron chi connectivity index (χ0n) is 11.4. The first-order chi connectivity index (χ1) is 10.3. The van der Waals surface area contributed by atoms with Gasteiger partial charge in [0.25, 0.3) is 0 Å². The molecule has 0 radical (unpaired) electrons. The molecule has 2 heteroatoms. The van der Waals surface area contributed by atoms with Gasteiger partial charge in [-0.2, -0.15) is 4.74 Å². The lowest BCUT2D eigenvalue weighted by atomic mass is 9.90. The predicted molar refractivity (Wildman–Crippen MR) is 86.1 cm³/mol. The second-order valence-electron chi connectivity index (χ2n) is 5.11. The number of fused-ring (bicyclic) bond motifs is 1. The first kappa shape index (κ1) is 11.9. The number of nitrogens with zero attached hydrogens (tertiary/aromatic N) is 1. The summed E-state index contributed by atoms with van der Waals surface area (Å²) in [5.74, 6) is 0. The van der Waals surface area contributed by atoms with Crippen LogP contribution in [0.4, 0.5) is 0 Å². The maximum absolute atomic E-state index is 12.1. The average molecular weight is 271 g/mol. The lowest BCUT2D eigenvalue weighted by molar-refractivity contribution is -0.385. The third kappa shape index (κ3) is 1.84. The molecule has 4 rings (SSSR count). The highest BCUT2D eigenvalue weighted by Gasteiger charge is 2.30. The van der Waals surface area contributed by atoms with Crippen LogP contribution in [0.5, 0.6) is 0 Å². The van der Waals surface area contributed by atoms with Crippen molar-refractivity contribution < 1.29 is 4.74 Å². The Morgan fingerprint density at radius 3 is 2.24 bits per heavy atom. The van der Waals surface area contributed by atoms with Gasteiger partial charge in [0, 0.05) is 0 Å². The molecule has 0 amide bonds. The Morgan fingerprint density at radius 2 is 1.43 bits per heavy atom. The van der Waals surface area contributed by atoms with Crippen LogP contribution in [-0.2, 0) is 0 Å². The topological polar surface area (TPSA) is 26.1 Å². The number of benzene rings is 3. The summed E-state index contributed by atoms with van der Waals surface area (Å²) < 4.78 is 0.962. The molecule has 0 fully saturated rings. The van der Waals surface area contributed by atoms with Gasteiger partial charge in [-0.25, -0.2) is 0 Å². The van der Waals surface area contributed by atoms with Gasteiger partial charge in [0.05, 0.1) is 5.56 Å². The van der Waals surface area contributed by atoms with Crippen molar-refractivity contribution in [1.29, 1.82) is 0 Å². The molecule has 2 nitrogen and oxygen atoms in total. The van der Waals surface area contributed by atoms with Crippen molar-refractivity contribution >= 4 is 22.1 Å². The smallest absolute Gasteiger partial charge is 0.238 e. The van der Waals surface area contributed by atoms with Crippen molar-refractivity contribution in [2.24, 2.45) is 0 Å². The third-order valence-corrected chi connectivity index (χ3v) is 3.85. The number of hydrogen-bond donors (Lipinski definition) is 0. The molecule has 3 aromatic rings. The zero-order chi connectivity index (χ0) is 14.2. The molecule has 3 aromatic carbocycles. The summed E-state index contributed by atoms with van der Waals surface area (Å²) in [5.41, 5.74) is 3.82. The SMILES string of the molecule is [O-][N+]1=C(c2cccc3ccccc23)C(c2ccccc2)=C1. The Balaban J connectivity index is 1.88. The Hall–Kier alpha value is -2.87. The first-order valence-electron chi connectivity index (χ1n) is 6.94. The fourth-order valence-corrected chi connectivity index (χ4v) is 2.82. The molecule has 0 aliphatic carbocycles. The fourth-order valence-electron chi connectivity index (χ4n) is 2.82. The molecule has 1 aliphatic heterocycles. The summed E-state index contributed by atoms with van der Waals surface area (Å²) in [4.78, 5) is 0. The highest BCUT2D eigenvalue weighted by atomic mass is 16.5. The van der Waals surface area contributed by atoms with Gasteiger partial charge in [0.15, 0.2) is 6.20 Å². The van der Waals surface area contributed by atoms with Gasteiger partial charge in [-0.05, 0) is 22.4 Å². The monoisotopic (exact) mass is 271 g/mol. The highest BCUT2D eigenvalue weighted by molar-refractivity contribution is 6.34. The molecule has 0 unspecified atom stereocenters. The molecule has 21 heavy (non-hydrogen) atoms. The molecule has 1 heterocycles. The summed E-state index contributed by atoms with van der Waals surface area (Å²) in [6.07, 6.45) is 1.65. The molecule has 0 bridgehead atoms. The van der Waals surface area contributed by atoms with Gasteiger partial charge in [-0.3, -0.25) is 0 Å². The minimum atomic E-state index is 0.748. The van der Waals surface area contributed by atoms with Crippen molar-refractivity contribution in [2.75, 3.05) is 0 Å². The van der Waals surface area contributed by atoms with Crippen molar-refractivity contribution in [3.05, 3.63) is 95.3 Å². The van der Waals surface area contributed by atoms with E-state index in [0.717, 1.165) is 37.9 Å². The van der Waals surface area contributed by atoms with E-state index >= 15 is 0 Å². The molecule has 0 saturated carbocycles. The first-order valence-corrected chi connectivity index (χ1v) is 6.94. The maximum Gasteiger partial charge on any atom is 0.238 e. The van der Waals surface area contributed by atoms with E-state index in [1.165, 1.54) is 0 Å². The van der Waals surface area contributed by atoms with Crippen LogP contribution in [0.15, 0.2) is 79.0 Å². The standard InChI is InChI=1S/C19H13NO/c21-20-13-18(15-7-2-1-3-8-15)19(20)17-12-6-10-14-9-4-5-11-16(14)17/h1-13H. The number of rotatable bonds is 2. The van der Waals surface area contributed by atoms with E-state index in [9.17, 15) is 5.21 Å². The van der Waals surface area contributed by atoms with Crippen LogP contribution in [0.3, 0.4) is 0 Å². The summed E-state index contributed by atoms with van der Waals surface area (Å²) in [6.45, 7) is 0. The van der Waals surface area contributed by atoms with Gasteiger partial charge in [-0.1, -0.05) is 66.7 Å². The van der Waals surface area contributed by atoms with E-state index in [1.54, 1.807) is 6.20 Å². The van der Waals surface area contributed by atoms with Gasteiger partial charge in [0.2, 0.25) is 5.71 Å². The van der Waals surface area contributed by atoms with E-state index in [-0.39, 0.29) is 0 Å². The van der Waals surface area contributed by atoms with Crippen molar-refractivity contribution in [2.45, 2.75) is 0 Å². The van der Waals surface area contributed by atoms with Crippen LogP contribution < -0.4 is 0 Å². The summed E-state index contributed by atoms with van der Waals surface area (Å²) in [7, 11) is 0. The van der Waals surface area contributed by atoms with Crippen LogP contribution in [0.2, 0.25) is 0 Å². The fraction of sp³-hybridized carbons (Fsp3) is 0. The molecule has 0 aromatic heterocycles. The van der Waals surface area contributed by atoms with E-state index < -0.39 is 0 Å². The number of hydroxylamine groups is 1. The Bertz CT molecular complexity index is 886. The normalized spacial score (nSPS) is 14.0. The Kier molecular flexibility index (Phi) is 2.61. The summed E-state index contributed by atoms with van der Waals surface area (Å²) >= 11 is 0. The van der Waals surface area contributed by atoms with Crippen molar-refractivity contribution in [3.63, 3.8) is 0 Å². The summed E-state index contributed by atoms with van der Waals surface area (Å²) in [5, 5.41) is 14.3. The largest absolute Gasteiger partial charge is 0.618 e. The van der Waals surface area contributed by atoms with E-state index in [1.807, 2.05) is 54.6 Å². The van der Waals surface area contributed by atoms with Crippen molar-refractivity contribution in [3.8, 4) is 0 Å². The summed E-state index contributed by atoms with van der Waals surface area (Å²) in [6, 6.07) is 24.3. The minimum Gasteiger partial charge on any atom is -0.618 e. The predicted octanol–water partition coefficient (Wildman–Crippen LogP) is 4.19. The van der Waals surface area contributed by atoms with Crippen LogP contribution in [0.25, 0.3) is 16.3 Å². The van der Waals surface area contributed by atoms with Gasteiger partial charge < -0.3 is 5.21 Å². The lowest BCUT2D eigenvalue weighted by Crippen LogP contribution is -2.24. The van der Waals surface area contributed by atoms with Gasteiger partial charge >= 0.3 is 0 Å². The average Bonchev–Trinajstić information content (AvgIpc) is 2.54. The minimum absolute atomic E-state index is 0.748. The van der Waals surface area contributed by atoms with Crippen LogP contribution in [-0.4, -0.2) is 10.5 Å². The van der Waals surface area contributed by atoms with Crippen molar-refractivity contribution in [1.82, 2.24) is 0 Å². The number of allylic oxidation sites excluding steroid dienone is 1. The van der Waals surface area contributed by atoms with E-state index in [2.05, 4.69) is 18.2 Å². The lowest BCUT2D eigenvalue weighted by Gasteiger charge is -2.19. The second kappa shape index (κ2) is 4.60. The van der Waals surface area contributed by atoms with Crippen LogP contribution in [0.1, 0.15) is 11.1 Å². The van der Waals surface area contributed by atoms with Gasteiger partial charge in [-0.15, -0.1) is 0 Å². The van der Waals surface area contributed by atoms with E-state index in [0.29, 0.717) is 0 Å². The van der Waals surface area contributed by atoms with E-state index in [4.69, 9.17) is 0 Å². The third-order valence-electron chi connectivity index (χ3n) is 3.85. The molecular formula is C19H13NO. The molecule has 1 aliphatic rings. The van der Waals surface area contributed by atoms with Gasteiger partial charge in [0.1, 0.15) is 5.57 Å².